The Morgan fingerprint density at radius 2 is 2.00 bits per heavy atom. The van der Waals surface area contributed by atoms with Gasteiger partial charge >= 0.3 is 5.76 Å². The van der Waals surface area contributed by atoms with Crippen molar-refractivity contribution in [3.05, 3.63) is 28.7 Å². The number of oxazole rings is 1. The standard InChI is InChI=1S/C13H18N2O3/c14-10-5-6-12-11(9-10)15(13(17)18-12)7-3-1-2-4-8-16/h5-6,9,16H,1-4,7-8,14H2. The first-order chi connectivity index (χ1) is 8.72. The molecule has 0 saturated carbocycles. The van der Waals surface area contributed by atoms with Gasteiger partial charge in [0.05, 0.1) is 5.52 Å². The molecule has 0 aliphatic carbocycles. The molecule has 0 atom stereocenters. The summed E-state index contributed by atoms with van der Waals surface area (Å²) in [4.78, 5) is 11.7. The molecule has 0 bridgehead atoms. The fourth-order valence-electron chi connectivity index (χ4n) is 2.03. The number of benzene rings is 1. The van der Waals surface area contributed by atoms with Crippen molar-refractivity contribution in [2.45, 2.75) is 32.2 Å². The van der Waals surface area contributed by atoms with Crippen molar-refractivity contribution in [1.82, 2.24) is 4.57 Å². The summed E-state index contributed by atoms with van der Waals surface area (Å²) >= 11 is 0. The molecule has 2 rings (SSSR count). The molecule has 0 unspecified atom stereocenters. The monoisotopic (exact) mass is 250 g/mol. The van der Waals surface area contributed by atoms with Gasteiger partial charge in [0.15, 0.2) is 5.58 Å². The Morgan fingerprint density at radius 3 is 2.78 bits per heavy atom. The molecule has 5 heteroatoms. The molecule has 1 heterocycles. The van der Waals surface area contributed by atoms with Gasteiger partial charge in [-0.15, -0.1) is 0 Å². The van der Waals surface area contributed by atoms with E-state index < -0.39 is 0 Å². The SMILES string of the molecule is Nc1ccc2oc(=O)n(CCCCCCO)c2c1. The minimum Gasteiger partial charge on any atom is -0.408 e. The van der Waals surface area contributed by atoms with Gasteiger partial charge in [-0.2, -0.15) is 0 Å². The number of fused-ring (bicyclic) bond motifs is 1. The zero-order chi connectivity index (χ0) is 13.0. The summed E-state index contributed by atoms with van der Waals surface area (Å²) in [5.41, 5.74) is 7.66. The number of nitrogens with zero attached hydrogens (tertiary/aromatic N) is 1. The molecule has 0 aliphatic heterocycles. The van der Waals surface area contributed by atoms with E-state index in [4.69, 9.17) is 15.3 Å². The molecule has 0 aliphatic rings. The molecule has 0 amide bonds. The second kappa shape index (κ2) is 5.73. The van der Waals surface area contributed by atoms with Crippen LogP contribution >= 0.6 is 0 Å². The predicted octanol–water partition coefficient (Wildman–Crippen LogP) is 1.73. The van der Waals surface area contributed by atoms with Crippen LogP contribution in [0.1, 0.15) is 25.7 Å². The highest BCUT2D eigenvalue weighted by atomic mass is 16.4. The Labute approximate surface area is 105 Å². The lowest BCUT2D eigenvalue weighted by Crippen LogP contribution is -2.14. The third kappa shape index (κ3) is 2.73. The number of hydrogen-bond donors (Lipinski definition) is 2. The molecular formula is C13H18N2O3. The van der Waals surface area contributed by atoms with Crippen LogP contribution in [0.2, 0.25) is 0 Å². The Kier molecular flexibility index (Phi) is 4.04. The molecule has 98 valence electrons. The van der Waals surface area contributed by atoms with E-state index in [-0.39, 0.29) is 12.4 Å². The summed E-state index contributed by atoms with van der Waals surface area (Å²) in [7, 11) is 0. The third-order valence-electron chi connectivity index (χ3n) is 2.98. The van der Waals surface area contributed by atoms with E-state index >= 15 is 0 Å². The Balaban J connectivity index is 2.10. The maximum atomic E-state index is 11.7. The highest BCUT2D eigenvalue weighted by molar-refractivity contribution is 5.76. The molecule has 3 N–H and O–H groups in total. The summed E-state index contributed by atoms with van der Waals surface area (Å²) in [5.74, 6) is -0.335. The number of aliphatic hydroxyl groups excluding tert-OH is 1. The number of nitrogen functional groups attached to an aromatic ring is 1. The van der Waals surface area contributed by atoms with Gasteiger partial charge in [0.1, 0.15) is 0 Å². The van der Waals surface area contributed by atoms with Gasteiger partial charge in [-0.3, -0.25) is 4.57 Å². The van der Waals surface area contributed by atoms with E-state index in [1.54, 1.807) is 22.8 Å². The van der Waals surface area contributed by atoms with Crippen LogP contribution in [0.4, 0.5) is 5.69 Å². The summed E-state index contributed by atoms with van der Waals surface area (Å²) in [6.07, 6.45) is 3.67. The molecule has 2 aromatic rings. The number of nitrogens with two attached hydrogens (primary N) is 1. The van der Waals surface area contributed by atoms with Crippen LogP contribution in [0.25, 0.3) is 11.1 Å². The van der Waals surface area contributed by atoms with Crippen LogP contribution in [0.3, 0.4) is 0 Å². The van der Waals surface area contributed by atoms with Crippen molar-refractivity contribution in [3.8, 4) is 0 Å². The molecular weight excluding hydrogens is 232 g/mol. The number of aryl methyl sites for hydroxylation is 1. The molecule has 1 aromatic heterocycles. The molecule has 0 radical (unpaired) electrons. The van der Waals surface area contributed by atoms with Gasteiger partial charge in [-0.05, 0) is 31.0 Å². The van der Waals surface area contributed by atoms with Gasteiger partial charge in [-0.1, -0.05) is 12.8 Å². The number of rotatable bonds is 6. The van der Waals surface area contributed by atoms with Crippen LogP contribution in [0.5, 0.6) is 0 Å². The van der Waals surface area contributed by atoms with Crippen molar-refractivity contribution in [2.75, 3.05) is 12.3 Å². The molecule has 1 aromatic carbocycles. The third-order valence-corrected chi connectivity index (χ3v) is 2.98. The topological polar surface area (TPSA) is 81.4 Å². The summed E-state index contributed by atoms with van der Waals surface area (Å²) in [6, 6.07) is 5.19. The van der Waals surface area contributed by atoms with E-state index in [0.29, 0.717) is 17.8 Å². The predicted molar refractivity (Wildman–Crippen MR) is 70.4 cm³/mol. The quantitative estimate of drug-likeness (QED) is 0.604. The fourth-order valence-corrected chi connectivity index (χ4v) is 2.03. The van der Waals surface area contributed by atoms with Gasteiger partial charge in [-0.25, -0.2) is 4.79 Å². The number of aromatic nitrogens is 1. The lowest BCUT2D eigenvalue weighted by Gasteiger charge is -2.02. The smallest absolute Gasteiger partial charge is 0.408 e. The molecule has 18 heavy (non-hydrogen) atoms. The van der Waals surface area contributed by atoms with Gasteiger partial charge < -0.3 is 15.3 Å². The zero-order valence-corrected chi connectivity index (χ0v) is 10.3. The maximum absolute atomic E-state index is 11.7. The fraction of sp³-hybridized carbons (Fsp3) is 0.462. The first-order valence-electron chi connectivity index (χ1n) is 6.22. The van der Waals surface area contributed by atoms with Crippen LogP contribution < -0.4 is 11.5 Å². The Hall–Kier alpha value is -1.75. The van der Waals surface area contributed by atoms with Crippen LogP contribution in [-0.4, -0.2) is 16.3 Å². The number of unbranched alkanes of at least 4 members (excludes halogenated alkanes) is 3. The molecule has 0 fully saturated rings. The van der Waals surface area contributed by atoms with E-state index in [1.807, 2.05) is 0 Å². The first-order valence-corrected chi connectivity index (χ1v) is 6.22. The average molecular weight is 250 g/mol. The second-order valence-electron chi connectivity index (χ2n) is 4.38. The van der Waals surface area contributed by atoms with Gasteiger partial charge in [0.25, 0.3) is 0 Å². The highest BCUT2D eigenvalue weighted by Gasteiger charge is 2.08. The Bertz CT molecular complexity index is 571. The van der Waals surface area contributed by atoms with Crippen molar-refractivity contribution in [2.24, 2.45) is 0 Å². The highest BCUT2D eigenvalue weighted by Crippen LogP contribution is 2.17. The van der Waals surface area contributed by atoms with E-state index in [1.165, 1.54) is 0 Å². The normalized spacial score (nSPS) is 11.2. The van der Waals surface area contributed by atoms with E-state index in [2.05, 4.69) is 0 Å². The van der Waals surface area contributed by atoms with Gasteiger partial charge in [0, 0.05) is 18.8 Å². The van der Waals surface area contributed by atoms with Gasteiger partial charge in [0.2, 0.25) is 0 Å². The van der Waals surface area contributed by atoms with Crippen molar-refractivity contribution in [1.29, 1.82) is 0 Å². The molecule has 0 saturated heterocycles. The number of hydrogen-bond acceptors (Lipinski definition) is 4. The Morgan fingerprint density at radius 1 is 1.22 bits per heavy atom. The summed E-state index contributed by atoms with van der Waals surface area (Å²) in [5, 5.41) is 8.68. The lowest BCUT2D eigenvalue weighted by atomic mass is 10.2. The molecule has 5 nitrogen and oxygen atoms in total. The number of aliphatic hydroxyl groups is 1. The van der Waals surface area contributed by atoms with Crippen LogP contribution in [0.15, 0.2) is 27.4 Å². The number of anilines is 1. The van der Waals surface area contributed by atoms with Crippen molar-refractivity contribution < 1.29 is 9.52 Å². The largest absolute Gasteiger partial charge is 0.419 e. The van der Waals surface area contributed by atoms with Crippen molar-refractivity contribution in [3.63, 3.8) is 0 Å². The summed E-state index contributed by atoms with van der Waals surface area (Å²) < 4.78 is 6.76. The minimum atomic E-state index is -0.335. The van der Waals surface area contributed by atoms with E-state index in [0.717, 1.165) is 31.2 Å². The summed E-state index contributed by atoms with van der Waals surface area (Å²) in [6.45, 7) is 0.853. The molecule has 0 spiro atoms. The average Bonchev–Trinajstić information content (AvgIpc) is 2.65. The minimum absolute atomic E-state index is 0.227. The van der Waals surface area contributed by atoms with E-state index in [9.17, 15) is 4.79 Å². The maximum Gasteiger partial charge on any atom is 0.419 e. The second-order valence-corrected chi connectivity index (χ2v) is 4.38. The first kappa shape index (κ1) is 12.7. The van der Waals surface area contributed by atoms with Crippen LogP contribution in [-0.2, 0) is 6.54 Å². The van der Waals surface area contributed by atoms with Crippen LogP contribution in [0, 0.1) is 0 Å². The lowest BCUT2D eigenvalue weighted by molar-refractivity contribution is 0.282. The zero-order valence-electron chi connectivity index (χ0n) is 10.3. The van der Waals surface area contributed by atoms with Crippen molar-refractivity contribution >= 4 is 16.8 Å².